The lowest BCUT2D eigenvalue weighted by molar-refractivity contribution is -0.140. The number of carbonyl (C=O) groups is 2. The summed E-state index contributed by atoms with van der Waals surface area (Å²) in [6, 6.07) is -0.202. The minimum absolute atomic E-state index is 0.0318. The molecule has 1 saturated carbocycles. The van der Waals surface area contributed by atoms with E-state index in [0.29, 0.717) is 6.42 Å². The molecule has 2 aliphatic rings. The fourth-order valence-electron chi connectivity index (χ4n) is 2.59. The Morgan fingerprint density at radius 3 is 2.59 bits per heavy atom. The lowest BCUT2D eigenvalue weighted by Gasteiger charge is -2.18. The third kappa shape index (κ3) is 2.66. The molecule has 2 rings (SSSR count). The lowest BCUT2D eigenvalue weighted by Crippen LogP contribution is -2.42. The molecular formula is C12H18N2O3. The second-order valence-electron chi connectivity index (χ2n) is 4.88. The Morgan fingerprint density at radius 1 is 1.29 bits per heavy atom. The van der Waals surface area contributed by atoms with Gasteiger partial charge in [-0.1, -0.05) is 18.6 Å². The quantitative estimate of drug-likeness (QED) is 0.615. The smallest absolute Gasteiger partial charge is 0.310 e. The summed E-state index contributed by atoms with van der Waals surface area (Å²) in [6.07, 6.45) is 6.59. The molecule has 0 spiro atoms. The minimum Gasteiger partial charge on any atom is -0.481 e. The Hall–Kier alpha value is -1.36. The van der Waals surface area contributed by atoms with E-state index in [-0.39, 0.29) is 23.9 Å². The van der Waals surface area contributed by atoms with Gasteiger partial charge in [0.1, 0.15) is 0 Å². The Balaban J connectivity index is 1.84. The van der Waals surface area contributed by atoms with Crippen molar-refractivity contribution >= 4 is 11.9 Å². The Kier molecular flexibility index (Phi) is 3.47. The number of carbonyl (C=O) groups excluding carboxylic acids is 1. The highest BCUT2D eigenvalue weighted by Gasteiger charge is 2.32. The van der Waals surface area contributed by atoms with Crippen LogP contribution in [0.2, 0.25) is 0 Å². The fraction of sp³-hybridized carbons (Fsp3) is 0.667. The van der Waals surface area contributed by atoms with Crippen LogP contribution >= 0.6 is 0 Å². The normalized spacial score (nSPS) is 36.1. The number of amides is 1. The maximum absolute atomic E-state index is 11.9. The number of aliphatic carboxylic acids is 1. The van der Waals surface area contributed by atoms with Gasteiger partial charge in [0, 0.05) is 12.1 Å². The number of hydrogen-bond acceptors (Lipinski definition) is 3. The van der Waals surface area contributed by atoms with Gasteiger partial charge in [-0.25, -0.2) is 0 Å². The van der Waals surface area contributed by atoms with E-state index in [0.717, 1.165) is 19.3 Å². The van der Waals surface area contributed by atoms with Gasteiger partial charge >= 0.3 is 5.97 Å². The zero-order valence-corrected chi connectivity index (χ0v) is 9.63. The number of nitrogens with two attached hydrogens (primary N) is 1. The third-order valence-corrected chi connectivity index (χ3v) is 3.63. The van der Waals surface area contributed by atoms with Crippen molar-refractivity contribution in [2.75, 3.05) is 0 Å². The summed E-state index contributed by atoms with van der Waals surface area (Å²) in [5, 5.41) is 11.7. The molecule has 0 bridgehead atoms. The van der Waals surface area contributed by atoms with E-state index in [1.807, 2.05) is 0 Å². The van der Waals surface area contributed by atoms with Gasteiger partial charge in [0.25, 0.3) is 0 Å². The fourth-order valence-corrected chi connectivity index (χ4v) is 2.59. The maximum Gasteiger partial charge on any atom is 0.310 e. The average molecular weight is 238 g/mol. The van der Waals surface area contributed by atoms with Crippen LogP contribution in [0, 0.1) is 11.8 Å². The van der Waals surface area contributed by atoms with Crippen LogP contribution < -0.4 is 11.1 Å². The Labute approximate surface area is 100 Å². The maximum atomic E-state index is 11.9. The van der Waals surface area contributed by atoms with Crippen molar-refractivity contribution in [3.05, 3.63) is 12.2 Å². The molecule has 0 aromatic rings. The molecule has 5 nitrogen and oxygen atoms in total. The number of hydrogen-bond donors (Lipinski definition) is 3. The van der Waals surface area contributed by atoms with Gasteiger partial charge in [0.15, 0.2) is 0 Å². The first-order valence-corrected chi connectivity index (χ1v) is 6.05. The molecule has 0 aromatic heterocycles. The standard InChI is InChI=1S/C12H18N2O3/c13-10-3-1-2-9(10)11(15)14-8-5-4-7(6-8)12(16)17/h4-5,7-10H,1-3,6,13H2,(H,14,15)(H,16,17). The van der Waals surface area contributed by atoms with Crippen molar-refractivity contribution in [2.24, 2.45) is 17.6 Å². The molecule has 0 aliphatic heterocycles. The van der Waals surface area contributed by atoms with Crippen LogP contribution in [0.1, 0.15) is 25.7 Å². The summed E-state index contributed by atoms with van der Waals surface area (Å²) >= 11 is 0. The van der Waals surface area contributed by atoms with E-state index in [1.54, 1.807) is 12.2 Å². The van der Waals surface area contributed by atoms with E-state index >= 15 is 0 Å². The summed E-state index contributed by atoms with van der Waals surface area (Å²) in [4.78, 5) is 22.7. The second-order valence-corrected chi connectivity index (χ2v) is 4.88. The topological polar surface area (TPSA) is 92.4 Å². The zero-order valence-electron chi connectivity index (χ0n) is 9.63. The molecule has 4 atom stereocenters. The number of carboxylic acid groups (broad SMARTS) is 1. The van der Waals surface area contributed by atoms with Gasteiger partial charge in [0.2, 0.25) is 5.91 Å². The van der Waals surface area contributed by atoms with Crippen molar-refractivity contribution in [2.45, 2.75) is 37.8 Å². The predicted molar refractivity (Wildman–Crippen MR) is 62.1 cm³/mol. The van der Waals surface area contributed by atoms with Crippen LogP contribution in [0.4, 0.5) is 0 Å². The summed E-state index contributed by atoms with van der Waals surface area (Å²) < 4.78 is 0. The molecule has 0 radical (unpaired) electrons. The molecule has 1 fully saturated rings. The largest absolute Gasteiger partial charge is 0.481 e. The van der Waals surface area contributed by atoms with Gasteiger partial charge in [-0.15, -0.1) is 0 Å². The van der Waals surface area contributed by atoms with Crippen LogP contribution in [0.25, 0.3) is 0 Å². The van der Waals surface area contributed by atoms with Crippen LogP contribution in [-0.4, -0.2) is 29.1 Å². The summed E-state index contributed by atoms with van der Waals surface area (Å²) in [5.41, 5.74) is 5.86. The van der Waals surface area contributed by atoms with Crippen LogP contribution in [0.15, 0.2) is 12.2 Å². The lowest BCUT2D eigenvalue weighted by atomic mass is 10.0. The monoisotopic (exact) mass is 238 g/mol. The van der Waals surface area contributed by atoms with Gasteiger partial charge in [0.05, 0.1) is 11.8 Å². The highest BCUT2D eigenvalue weighted by molar-refractivity contribution is 5.80. The van der Waals surface area contributed by atoms with E-state index in [1.165, 1.54) is 0 Å². The minimum atomic E-state index is -0.837. The number of carboxylic acids is 1. The summed E-state index contributed by atoms with van der Waals surface area (Å²) in [6.45, 7) is 0. The molecule has 0 saturated heterocycles. The molecule has 5 heteroatoms. The van der Waals surface area contributed by atoms with Crippen LogP contribution in [0.3, 0.4) is 0 Å². The van der Waals surface area contributed by atoms with Crippen molar-refractivity contribution in [1.82, 2.24) is 5.32 Å². The third-order valence-electron chi connectivity index (χ3n) is 3.63. The molecule has 2 aliphatic carbocycles. The van der Waals surface area contributed by atoms with Crippen LogP contribution in [0.5, 0.6) is 0 Å². The van der Waals surface area contributed by atoms with Gasteiger partial charge < -0.3 is 16.2 Å². The van der Waals surface area contributed by atoms with E-state index in [9.17, 15) is 9.59 Å². The molecule has 4 unspecified atom stereocenters. The van der Waals surface area contributed by atoms with Gasteiger partial charge in [-0.05, 0) is 19.3 Å². The Morgan fingerprint density at radius 2 is 2.06 bits per heavy atom. The van der Waals surface area contributed by atoms with E-state index in [4.69, 9.17) is 10.8 Å². The van der Waals surface area contributed by atoms with Gasteiger partial charge in [-0.2, -0.15) is 0 Å². The summed E-state index contributed by atoms with van der Waals surface area (Å²) in [7, 11) is 0. The Bertz CT molecular complexity index is 354. The first-order valence-electron chi connectivity index (χ1n) is 6.05. The molecular weight excluding hydrogens is 220 g/mol. The number of rotatable bonds is 3. The molecule has 94 valence electrons. The predicted octanol–water partition coefficient (Wildman–Crippen LogP) is 0.259. The van der Waals surface area contributed by atoms with E-state index < -0.39 is 11.9 Å². The van der Waals surface area contributed by atoms with Crippen LogP contribution in [-0.2, 0) is 9.59 Å². The number of nitrogens with one attached hydrogen (secondary N) is 1. The SMILES string of the molecule is NC1CCCC1C(=O)NC1C=CC(C(=O)O)C1. The highest BCUT2D eigenvalue weighted by Crippen LogP contribution is 2.25. The van der Waals surface area contributed by atoms with Crippen molar-refractivity contribution in [3.8, 4) is 0 Å². The first-order chi connectivity index (χ1) is 8.08. The molecule has 17 heavy (non-hydrogen) atoms. The average Bonchev–Trinajstić information content (AvgIpc) is 2.86. The van der Waals surface area contributed by atoms with Crippen molar-refractivity contribution in [3.63, 3.8) is 0 Å². The molecule has 4 N–H and O–H groups in total. The summed E-state index contributed by atoms with van der Waals surface area (Å²) in [5.74, 6) is -1.45. The second kappa shape index (κ2) is 4.87. The van der Waals surface area contributed by atoms with Crippen molar-refractivity contribution < 1.29 is 14.7 Å². The first kappa shape index (κ1) is 12.1. The zero-order chi connectivity index (χ0) is 12.4. The van der Waals surface area contributed by atoms with Gasteiger partial charge in [-0.3, -0.25) is 9.59 Å². The molecule has 0 heterocycles. The molecule has 0 aromatic carbocycles. The van der Waals surface area contributed by atoms with Crippen molar-refractivity contribution in [1.29, 1.82) is 0 Å². The van der Waals surface area contributed by atoms with E-state index in [2.05, 4.69) is 5.32 Å². The highest BCUT2D eigenvalue weighted by atomic mass is 16.4. The molecule has 1 amide bonds.